The zero-order valence-electron chi connectivity index (χ0n) is 18.1. The summed E-state index contributed by atoms with van der Waals surface area (Å²) in [7, 11) is 6.14. The minimum Gasteiger partial charge on any atom is -0.493 e. The summed E-state index contributed by atoms with van der Waals surface area (Å²) in [6.07, 6.45) is 0.000000945. The molecule has 1 unspecified atom stereocenters. The van der Waals surface area contributed by atoms with Gasteiger partial charge in [0.25, 0.3) is 0 Å². The minimum atomic E-state index is -0.723. The lowest BCUT2D eigenvalue weighted by atomic mass is 9.84. The highest BCUT2D eigenvalue weighted by molar-refractivity contribution is 6.09. The number of anilines is 1. The van der Waals surface area contributed by atoms with Gasteiger partial charge in [0.1, 0.15) is 0 Å². The van der Waals surface area contributed by atoms with Gasteiger partial charge in [-0.15, -0.1) is 0 Å². The Labute approximate surface area is 184 Å². The Morgan fingerprint density at radius 3 is 2.19 bits per heavy atom. The Morgan fingerprint density at radius 1 is 0.906 bits per heavy atom. The Balaban J connectivity index is 1.79. The van der Waals surface area contributed by atoms with Crippen LogP contribution in [0, 0.1) is 0 Å². The van der Waals surface area contributed by atoms with Gasteiger partial charge < -0.3 is 24.3 Å². The third kappa shape index (κ3) is 3.62. The second kappa shape index (κ2) is 8.62. The number of hydrogen-bond acceptors (Lipinski definition) is 7. The van der Waals surface area contributed by atoms with Crippen molar-refractivity contribution < 1.29 is 28.5 Å². The monoisotopic (exact) mass is 437 g/mol. The van der Waals surface area contributed by atoms with Gasteiger partial charge in [-0.3, -0.25) is 14.7 Å². The molecular weight excluding hydrogens is 414 g/mol. The van der Waals surface area contributed by atoms with Crippen LogP contribution in [0.3, 0.4) is 0 Å². The Hall–Kier alpha value is -4.01. The number of hydrogen-bond donors (Lipinski definition) is 2. The fourth-order valence-electron chi connectivity index (χ4n) is 3.88. The van der Waals surface area contributed by atoms with Crippen LogP contribution in [-0.4, -0.2) is 50.3 Å². The van der Waals surface area contributed by atoms with Gasteiger partial charge >= 0.3 is 0 Å². The number of aromatic amines is 1. The van der Waals surface area contributed by atoms with Gasteiger partial charge in [0.05, 0.1) is 40.1 Å². The van der Waals surface area contributed by atoms with Crippen molar-refractivity contribution in [3.63, 3.8) is 0 Å². The summed E-state index contributed by atoms with van der Waals surface area (Å²) in [5.41, 5.74) is 2.40. The fourth-order valence-corrected chi connectivity index (χ4v) is 3.88. The first kappa shape index (κ1) is 21.2. The van der Waals surface area contributed by atoms with Crippen molar-refractivity contribution in [3.05, 3.63) is 47.5 Å². The first-order valence-electron chi connectivity index (χ1n) is 9.87. The van der Waals surface area contributed by atoms with Crippen LogP contribution in [0.15, 0.2) is 36.4 Å². The highest BCUT2D eigenvalue weighted by Crippen LogP contribution is 2.42. The van der Waals surface area contributed by atoms with Crippen LogP contribution in [0.5, 0.6) is 23.0 Å². The summed E-state index contributed by atoms with van der Waals surface area (Å²) < 4.78 is 21.3. The largest absolute Gasteiger partial charge is 0.493 e. The molecule has 0 saturated heterocycles. The predicted molar refractivity (Wildman–Crippen MR) is 117 cm³/mol. The number of carbonyl (C=O) groups excluding carboxylic acids is 2. The number of ketones is 1. The number of nitrogens with one attached hydrogen (secondary N) is 2. The molecule has 2 aromatic carbocycles. The Bertz CT molecular complexity index is 1190. The molecule has 0 bridgehead atoms. The first-order chi connectivity index (χ1) is 15.5. The summed E-state index contributed by atoms with van der Waals surface area (Å²) >= 11 is 0. The molecule has 1 atom stereocenters. The van der Waals surface area contributed by atoms with Crippen LogP contribution in [0.2, 0.25) is 0 Å². The molecule has 2 heterocycles. The van der Waals surface area contributed by atoms with Gasteiger partial charge in [0.15, 0.2) is 34.6 Å². The number of methoxy groups -OCH3 is 4. The van der Waals surface area contributed by atoms with Gasteiger partial charge in [-0.1, -0.05) is 0 Å². The van der Waals surface area contributed by atoms with Crippen LogP contribution in [0.4, 0.5) is 5.82 Å². The number of nitrogens with zero attached hydrogens (tertiary/aromatic N) is 1. The number of rotatable bonds is 7. The van der Waals surface area contributed by atoms with Gasteiger partial charge in [0.2, 0.25) is 5.91 Å². The highest BCUT2D eigenvalue weighted by atomic mass is 16.5. The van der Waals surface area contributed by atoms with Crippen LogP contribution < -0.4 is 24.3 Å². The molecule has 1 amide bonds. The smallest absolute Gasteiger partial charge is 0.226 e. The predicted octanol–water partition coefficient (Wildman–Crippen LogP) is 3.42. The third-order valence-corrected chi connectivity index (χ3v) is 5.46. The maximum absolute atomic E-state index is 13.5. The molecule has 0 aliphatic carbocycles. The van der Waals surface area contributed by atoms with Gasteiger partial charge in [-0.05, 0) is 36.4 Å². The van der Waals surface area contributed by atoms with E-state index in [2.05, 4.69) is 15.5 Å². The van der Waals surface area contributed by atoms with E-state index in [0.29, 0.717) is 45.6 Å². The average molecular weight is 437 g/mol. The molecule has 166 valence electrons. The molecule has 1 aliphatic rings. The van der Waals surface area contributed by atoms with Crippen molar-refractivity contribution in [2.75, 3.05) is 33.8 Å². The summed E-state index contributed by atoms with van der Waals surface area (Å²) in [6.45, 7) is 0. The highest BCUT2D eigenvalue weighted by Gasteiger charge is 2.36. The second-order valence-electron chi connectivity index (χ2n) is 7.17. The molecule has 0 radical (unpaired) electrons. The lowest BCUT2D eigenvalue weighted by Gasteiger charge is -2.22. The Morgan fingerprint density at radius 2 is 1.53 bits per heavy atom. The number of aromatic nitrogens is 2. The van der Waals surface area contributed by atoms with Gasteiger partial charge in [-0.25, -0.2) is 0 Å². The number of carbonyl (C=O) groups is 2. The topological polar surface area (TPSA) is 112 Å². The van der Waals surface area contributed by atoms with Crippen molar-refractivity contribution in [2.45, 2.75) is 12.3 Å². The van der Waals surface area contributed by atoms with E-state index < -0.39 is 5.92 Å². The van der Waals surface area contributed by atoms with Crippen molar-refractivity contribution >= 4 is 17.5 Å². The normalized spacial score (nSPS) is 14.9. The molecule has 32 heavy (non-hydrogen) atoms. The molecule has 0 fully saturated rings. The maximum atomic E-state index is 13.5. The van der Waals surface area contributed by atoms with E-state index in [1.165, 1.54) is 14.2 Å². The number of fused-ring (bicyclic) bond motifs is 1. The average Bonchev–Trinajstić information content (AvgIpc) is 3.25. The molecule has 3 aromatic rings. The number of H-pyrrole nitrogens is 1. The zero-order valence-corrected chi connectivity index (χ0v) is 18.1. The maximum Gasteiger partial charge on any atom is 0.226 e. The van der Waals surface area contributed by atoms with Gasteiger partial charge in [0, 0.05) is 23.1 Å². The van der Waals surface area contributed by atoms with E-state index in [9.17, 15) is 9.59 Å². The molecule has 1 aliphatic heterocycles. The SMILES string of the molecule is COc1ccc(C(=O)C2CC(=O)Nc3n[nH]c(-c4ccc(OC)c(OC)c4)c32)cc1OC. The zero-order chi connectivity index (χ0) is 22.8. The molecule has 0 spiro atoms. The van der Waals surface area contributed by atoms with Crippen molar-refractivity contribution in [1.29, 1.82) is 0 Å². The van der Waals surface area contributed by atoms with E-state index >= 15 is 0 Å². The quantitative estimate of drug-likeness (QED) is 0.545. The van der Waals surface area contributed by atoms with E-state index in [1.54, 1.807) is 44.6 Å². The fraction of sp³-hybridized carbons (Fsp3) is 0.261. The summed E-state index contributed by atoms with van der Waals surface area (Å²) in [4.78, 5) is 25.8. The van der Waals surface area contributed by atoms with Crippen molar-refractivity contribution in [2.24, 2.45) is 0 Å². The number of Topliss-reactive ketones (excluding diaryl/α,β-unsaturated/α-hetero) is 1. The minimum absolute atomic E-state index is 0.000000945. The van der Waals surface area contributed by atoms with E-state index in [1.807, 2.05) is 6.07 Å². The van der Waals surface area contributed by atoms with Crippen LogP contribution in [0.25, 0.3) is 11.3 Å². The molecule has 9 heteroatoms. The molecular formula is C23H23N3O6. The molecule has 1 aromatic heterocycles. The van der Waals surface area contributed by atoms with Crippen LogP contribution >= 0.6 is 0 Å². The van der Waals surface area contributed by atoms with E-state index in [4.69, 9.17) is 18.9 Å². The first-order valence-corrected chi connectivity index (χ1v) is 9.87. The number of benzene rings is 2. The van der Waals surface area contributed by atoms with Gasteiger partial charge in [-0.2, -0.15) is 5.10 Å². The number of ether oxygens (including phenoxy) is 4. The van der Waals surface area contributed by atoms with Crippen LogP contribution in [0.1, 0.15) is 28.3 Å². The van der Waals surface area contributed by atoms with Crippen molar-refractivity contribution in [1.82, 2.24) is 10.2 Å². The lowest BCUT2D eigenvalue weighted by Crippen LogP contribution is -2.27. The second-order valence-corrected chi connectivity index (χ2v) is 7.17. The Kier molecular flexibility index (Phi) is 5.72. The number of amides is 1. The summed E-state index contributed by atoms with van der Waals surface area (Å²) in [5, 5.41) is 9.95. The summed E-state index contributed by atoms with van der Waals surface area (Å²) in [6, 6.07) is 10.3. The third-order valence-electron chi connectivity index (χ3n) is 5.46. The lowest BCUT2D eigenvalue weighted by molar-refractivity contribution is -0.116. The summed E-state index contributed by atoms with van der Waals surface area (Å²) in [5.74, 6) is 1.19. The standard InChI is InChI=1S/C23H23N3O6/c1-29-15-7-5-12(9-17(15)31-3)21-20-14(11-19(27)24-23(20)26-25-21)22(28)13-6-8-16(30-2)18(10-13)32-4/h5-10,14H,11H2,1-4H3,(H2,24,25,26,27). The molecule has 9 nitrogen and oxygen atoms in total. The van der Waals surface area contributed by atoms with E-state index in [0.717, 1.165) is 5.56 Å². The van der Waals surface area contributed by atoms with Crippen molar-refractivity contribution in [3.8, 4) is 34.3 Å². The van der Waals surface area contributed by atoms with Crippen LogP contribution in [-0.2, 0) is 4.79 Å². The molecule has 2 N–H and O–H groups in total. The molecule has 0 saturated carbocycles. The van der Waals surface area contributed by atoms with E-state index in [-0.39, 0.29) is 18.1 Å². The molecule has 4 rings (SSSR count).